The van der Waals surface area contributed by atoms with Crippen molar-refractivity contribution in [3.63, 3.8) is 0 Å². The predicted molar refractivity (Wildman–Crippen MR) is 227 cm³/mol. The molecule has 0 spiro atoms. The zero-order valence-electron chi connectivity index (χ0n) is 31.9. The molecule has 13 heteroatoms. The summed E-state index contributed by atoms with van der Waals surface area (Å²) in [5, 5.41) is 42.5. The SMILES string of the molecule is O=C(O)c1ccccc1C1=Cc2cc3ccc(cc4nc(cc5[nH]c(c(-c6ccccc6C(=O)O)c1n2)c(-c1ccccc1C(=O)O)c5-c1ccccc1C(=O)O)C=C4)[nH]3.[Zn]. The Morgan fingerprint density at radius 1 is 0.443 bits per heavy atom. The van der Waals surface area contributed by atoms with E-state index in [0.29, 0.717) is 39.3 Å². The fourth-order valence-corrected chi connectivity index (χ4v) is 7.84. The Kier molecular flexibility index (Phi) is 10.4. The molecule has 0 aliphatic carbocycles. The average molecular weight is 856 g/mol. The summed E-state index contributed by atoms with van der Waals surface area (Å²) in [6, 6.07) is 34.3. The molecule has 0 fully saturated rings. The van der Waals surface area contributed by atoms with Gasteiger partial charge in [0.1, 0.15) is 0 Å². The maximum Gasteiger partial charge on any atom is 0.336 e. The molecule has 12 nitrogen and oxygen atoms in total. The first-order valence-corrected chi connectivity index (χ1v) is 18.5. The number of fused-ring (bicyclic) bond motifs is 8. The van der Waals surface area contributed by atoms with Gasteiger partial charge in [-0.3, -0.25) is 0 Å². The summed E-state index contributed by atoms with van der Waals surface area (Å²) in [4.78, 5) is 68.9. The minimum atomic E-state index is -1.28. The van der Waals surface area contributed by atoms with E-state index in [4.69, 9.17) is 9.97 Å². The molecule has 0 amide bonds. The molecule has 61 heavy (non-hydrogen) atoms. The second-order valence-electron chi connectivity index (χ2n) is 14.0. The molecular formula is C48H30N4O8Zn. The number of benzene rings is 4. The van der Waals surface area contributed by atoms with Gasteiger partial charge >= 0.3 is 23.9 Å². The van der Waals surface area contributed by atoms with Gasteiger partial charge < -0.3 is 30.4 Å². The third kappa shape index (κ3) is 7.23. The largest absolute Gasteiger partial charge is 0.478 e. The Balaban J connectivity index is 0.00000514. The van der Waals surface area contributed by atoms with Crippen LogP contribution in [0.25, 0.3) is 79.2 Å². The van der Waals surface area contributed by atoms with Crippen molar-refractivity contribution in [1.82, 2.24) is 19.9 Å². The summed E-state index contributed by atoms with van der Waals surface area (Å²) in [7, 11) is 0. The van der Waals surface area contributed by atoms with Crippen molar-refractivity contribution >= 4 is 69.7 Å². The van der Waals surface area contributed by atoms with Crippen LogP contribution in [0.5, 0.6) is 0 Å². The Morgan fingerprint density at radius 2 is 0.869 bits per heavy atom. The topological polar surface area (TPSA) is 207 Å². The van der Waals surface area contributed by atoms with Gasteiger partial charge in [0, 0.05) is 63.9 Å². The number of H-pyrrole nitrogens is 2. The number of aromatic carboxylic acids is 4. The number of hydrogen-bond acceptors (Lipinski definition) is 6. The third-order valence-electron chi connectivity index (χ3n) is 10.3. The molecule has 6 N–H and O–H groups in total. The quantitative estimate of drug-likeness (QED) is 0.0798. The van der Waals surface area contributed by atoms with E-state index >= 15 is 0 Å². The normalized spacial score (nSPS) is 11.7. The molecule has 0 saturated carbocycles. The molecule has 0 saturated heterocycles. The van der Waals surface area contributed by atoms with Gasteiger partial charge in [-0.15, -0.1) is 0 Å². The molecule has 5 heterocycles. The molecular weight excluding hydrogens is 826 g/mol. The van der Waals surface area contributed by atoms with Crippen molar-refractivity contribution in [3.8, 4) is 33.4 Å². The number of carbonyl (C=O) groups is 4. The van der Waals surface area contributed by atoms with Crippen molar-refractivity contribution in [2.24, 2.45) is 0 Å². The van der Waals surface area contributed by atoms with E-state index in [1.54, 1.807) is 97.1 Å². The predicted octanol–water partition coefficient (Wildman–Crippen LogP) is 9.87. The molecule has 9 rings (SSSR count). The minimum Gasteiger partial charge on any atom is -0.478 e. The Morgan fingerprint density at radius 3 is 1.39 bits per heavy atom. The molecule has 4 aromatic carbocycles. The third-order valence-corrected chi connectivity index (χ3v) is 10.3. The average Bonchev–Trinajstić information content (AvgIpc) is 4.05. The van der Waals surface area contributed by atoms with E-state index in [2.05, 4.69) is 9.97 Å². The number of nitrogens with zero attached hydrogens (tertiary/aromatic N) is 2. The van der Waals surface area contributed by atoms with E-state index in [-0.39, 0.29) is 86.3 Å². The van der Waals surface area contributed by atoms with Crippen molar-refractivity contribution in [3.05, 3.63) is 178 Å². The van der Waals surface area contributed by atoms with E-state index in [1.807, 2.05) is 24.3 Å². The standard InChI is InChI=1S/C48H30N4O8.Zn/c53-45(54)34-13-5-1-9-30(34)38-23-29-22-27-18-17-25(49-27)21-26-19-20-28(50-26)24-39-40(31-10-2-6-14-35(31)46(55)56)41(32-11-3-7-15-36(32)47(57)58)44(52-39)42(43(38)51-29)33-12-4-8-16-37(33)48(59)60;/h1-24,49,52H,(H,53,54)(H,55,56)(H,57,58)(H,59,60);. The van der Waals surface area contributed by atoms with Gasteiger partial charge in [-0.05, 0) is 89.5 Å². The second-order valence-corrected chi connectivity index (χ2v) is 14.0. The van der Waals surface area contributed by atoms with Gasteiger partial charge in [0.15, 0.2) is 0 Å². The van der Waals surface area contributed by atoms with Gasteiger partial charge in [0.25, 0.3) is 0 Å². The minimum absolute atomic E-state index is 0. The van der Waals surface area contributed by atoms with Crippen molar-refractivity contribution in [1.29, 1.82) is 0 Å². The molecule has 0 radical (unpaired) electrons. The van der Waals surface area contributed by atoms with Crippen molar-refractivity contribution in [2.75, 3.05) is 0 Å². The fraction of sp³-hybridized carbons (Fsp3) is 0. The van der Waals surface area contributed by atoms with Crippen LogP contribution >= 0.6 is 0 Å². The zero-order chi connectivity index (χ0) is 41.7. The molecule has 2 aliphatic rings. The number of hydrogen-bond donors (Lipinski definition) is 6. The maximum absolute atomic E-state index is 13.2. The van der Waals surface area contributed by atoms with E-state index in [9.17, 15) is 39.6 Å². The number of carboxylic acids is 4. The van der Waals surface area contributed by atoms with Crippen LogP contribution in [-0.4, -0.2) is 64.2 Å². The second kappa shape index (κ2) is 16.0. The summed E-state index contributed by atoms with van der Waals surface area (Å²) in [5.74, 6) is -4.99. The Labute approximate surface area is 358 Å². The van der Waals surface area contributed by atoms with Gasteiger partial charge in [-0.2, -0.15) is 0 Å². The van der Waals surface area contributed by atoms with Gasteiger partial charge in [0.05, 0.1) is 50.5 Å². The van der Waals surface area contributed by atoms with Gasteiger partial charge in [-0.25, -0.2) is 29.1 Å². The van der Waals surface area contributed by atoms with Crippen LogP contribution in [0, 0.1) is 0 Å². The fourth-order valence-electron chi connectivity index (χ4n) is 7.84. The molecule has 0 atom stereocenters. The monoisotopic (exact) mass is 854 g/mol. The van der Waals surface area contributed by atoms with E-state index in [0.717, 1.165) is 5.52 Å². The Hall–Kier alpha value is -8.02. The number of aromatic amines is 2. The summed E-state index contributed by atoms with van der Waals surface area (Å²) in [5.41, 5.74) is 5.05. The molecule has 8 bridgehead atoms. The van der Waals surface area contributed by atoms with Crippen LogP contribution < -0.4 is 0 Å². The molecule has 2 aliphatic heterocycles. The van der Waals surface area contributed by atoms with E-state index in [1.165, 1.54) is 24.3 Å². The summed E-state index contributed by atoms with van der Waals surface area (Å²) >= 11 is 0. The number of nitrogens with one attached hydrogen (secondary N) is 2. The number of aromatic nitrogens is 4. The molecule has 292 valence electrons. The first-order chi connectivity index (χ1) is 29.0. The zero-order valence-corrected chi connectivity index (χ0v) is 34.8. The summed E-state index contributed by atoms with van der Waals surface area (Å²) in [6.45, 7) is 0. The first-order valence-electron chi connectivity index (χ1n) is 18.5. The van der Waals surface area contributed by atoms with Gasteiger partial charge in [-0.1, -0.05) is 72.8 Å². The Bertz CT molecular complexity index is 3250. The smallest absolute Gasteiger partial charge is 0.336 e. The molecule has 3 aromatic heterocycles. The summed E-state index contributed by atoms with van der Waals surface area (Å²) < 4.78 is 0. The number of rotatable bonds is 8. The molecule has 7 aromatic rings. The van der Waals surface area contributed by atoms with Crippen LogP contribution in [0.2, 0.25) is 0 Å². The molecule has 0 unspecified atom stereocenters. The van der Waals surface area contributed by atoms with Crippen LogP contribution in [0.1, 0.15) is 69.8 Å². The first kappa shape index (κ1) is 39.8. The van der Waals surface area contributed by atoms with E-state index < -0.39 is 23.9 Å². The maximum atomic E-state index is 13.2. The van der Waals surface area contributed by atoms with Gasteiger partial charge in [0.2, 0.25) is 0 Å². The van der Waals surface area contributed by atoms with Crippen LogP contribution in [0.3, 0.4) is 0 Å². The van der Waals surface area contributed by atoms with Crippen LogP contribution in [0.4, 0.5) is 0 Å². The van der Waals surface area contributed by atoms with Crippen molar-refractivity contribution < 1.29 is 59.1 Å². The number of carboxylic acid groups (broad SMARTS) is 4. The summed E-state index contributed by atoms with van der Waals surface area (Å²) in [6.07, 6.45) is 5.32. The van der Waals surface area contributed by atoms with Crippen LogP contribution in [-0.2, 0) is 19.5 Å². The van der Waals surface area contributed by atoms with Crippen molar-refractivity contribution in [2.45, 2.75) is 0 Å². The van der Waals surface area contributed by atoms with Crippen LogP contribution in [0.15, 0.2) is 127 Å².